The second-order valence-corrected chi connectivity index (χ2v) is 5.65. The Morgan fingerprint density at radius 1 is 1.33 bits per heavy atom. The molecule has 0 aromatic heterocycles. The monoisotopic (exact) mass is 290 g/mol. The first-order valence-electron chi connectivity index (χ1n) is 7.15. The lowest BCUT2D eigenvalue weighted by Gasteiger charge is -2.31. The molecule has 0 aliphatic carbocycles. The number of ether oxygens (including phenoxy) is 1. The second-order valence-electron chi connectivity index (χ2n) is 5.65. The van der Waals surface area contributed by atoms with Gasteiger partial charge in [-0.3, -0.25) is 4.79 Å². The zero-order valence-corrected chi connectivity index (χ0v) is 12.9. The van der Waals surface area contributed by atoms with E-state index in [-0.39, 0.29) is 17.8 Å². The van der Waals surface area contributed by atoms with Crippen LogP contribution in [0.3, 0.4) is 0 Å². The summed E-state index contributed by atoms with van der Waals surface area (Å²) in [6, 6.07) is 3.56. The predicted octanol–water partition coefficient (Wildman–Crippen LogP) is 1.88. The van der Waals surface area contributed by atoms with Crippen molar-refractivity contribution in [2.75, 3.05) is 25.5 Å². The summed E-state index contributed by atoms with van der Waals surface area (Å²) >= 11 is 0. The van der Waals surface area contributed by atoms with Crippen molar-refractivity contribution < 1.29 is 14.3 Å². The van der Waals surface area contributed by atoms with Gasteiger partial charge in [-0.05, 0) is 56.1 Å². The molecule has 1 amide bonds. The Kier molecular flexibility index (Phi) is 4.63. The number of hydrogen-bond donors (Lipinski definition) is 2. The molecule has 114 valence electrons. The van der Waals surface area contributed by atoms with Crippen molar-refractivity contribution in [3.8, 4) is 0 Å². The Hall–Kier alpha value is -1.88. The molecule has 1 atom stereocenters. The van der Waals surface area contributed by atoms with Crippen LogP contribution in [0.15, 0.2) is 12.1 Å². The molecule has 0 bridgehead atoms. The van der Waals surface area contributed by atoms with Crippen LogP contribution in [0, 0.1) is 25.7 Å². The summed E-state index contributed by atoms with van der Waals surface area (Å²) in [4.78, 5) is 24.0. The summed E-state index contributed by atoms with van der Waals surface area (Å²) < 4.78 is 4.78. The van der Waals surface area contributed by atoms with E-state index < -0.39 is 0 Å². The Bertz CT molecular complexity index is 565. The molecule has 0 radical (unpaired) electrons. The summed E-state index contributed by atoms with van der Waals surface area (Å²) in [5.74, 6) is -0.0606. The van der Waals surface area contributed by atoms with Crippen LogP contribution in [0.25, 0.3) is 0 Å². The van der Waals surface area contributed by atoms with Crippen LogP contribution in [0.5, 0.6) is 0 Å². The summed E-state index contributed by atoms with van der Waals surface area (Å²) in [5.41, 5.74) is 2.95. The van der Waals surface area contributed by atoms with Gasteiger partial charge in [0.1, 0.15) is 0 Å². The number of esters is 1. The fourth-order valence-electron chi connectivity index (χ4n) is 2.39. The van der Waals surface area contributed by atoms with E-state index in [1.165, 1.54) is 7.11 Å². The zero-order valence-electron chi connectivity index (χ0n) is 12.9. The van der Waals surface area contributed by atoms with Crippen LogP contribution in [-0.2, 0) is 9.53 Å². The van der Waals surface area contributed by atoms with E-state index in [0.717, 1.165) is 24.2 Å². The smallest absolute Gasteiger partial charge is 0.338 e. The fraction of sp³-hybridized carbons (Fsp3) is 0.500. The van der Waals surface area contributed by atoms with Gasteiger partial charge in [-0.1, -0.05) is 6.92 Å². The van der Waals surface area contributed by atoms with Gasteiger partial charge in [-0.25, -0.2) is 4.79 Å². The van der Waals surface area contributed by atoms with Crippen LogP contribution in [0.1, 0.15) is 28.4 Å². The van der Waals surface area contributed by atoms with Gasteiger partial charge < -0.3 is 15.4 Å². The zero-order chi connectivity index (χ0) is 15.6. The van der Waals surface area contributed by atoms with E-state index >= 15 is 0 Å². The SMILES string of the molecule is COC(=O)c1cc(NC(=O)C(C)C2CNC2)cc(C)c1C. The minimum atomic E-state index is -0.386. The van der Waals surface area contributed by atoms with Crippen LogP contribution >= 0.6 is 0 Å². The largest absolute Gasteiger partial charge is 0.465 e. The number of rotatable bonds is 4. The Labute approximate surface area is 125 Å². The third kappa shape index (κ3) is 3.24. The maximum atomic E-state index is 12.2. The fourth-order valence-corrected chi connectivity index (χ4v) is 2.39. The van der Waals surface area contributed by atoms with E-state index in [9.17, 15) is 9.59 Å². The molecule has 1 unspecified atom stereocenters. The number of carbonyl (C=O) groups is 2. The number of methoxy groups -OCH3 is 1. The number of benzene rings is 1. The topological polar surface area (TPSA) is 67.4 Å². The molecular formula is C16H22N2O3. The molecule has 1 fully saturated rings. The van der Waals surface area contributed by atoms with E-state index in [1.807, 2.05) is 26.8 Å². The van der Waals surface area contributed by atoms with Crippen molar-refractivity contribution in [2.24, 2.45) is 11.8 Å². The van der Waals surface area contributed by atoms with E-state index in [1.54, 1.807) is 6.07 Å². The summed E-state index contributed by atoms with van der Waals surface area (Å²) in [6.45, 7) is 7.49. The van der Waals surface area contributed by atoms with Crippen LogP contribution in [-0.4, -0.2) is 32.1 Å². The van der Waals surface area contributed by atoms with Crippen molar-refractivity contribution in [3.63, 3.8) is 0 Å². The van der Waals surface area contributed by atoms with Crippen molar-refractivity contribution in [2.45, 2.75) is 20.8 Å². The average molecular weight is 290 g/mol. The molecular weight excluding hydrogens is 268 g/mol. The first kappa shape index (κ1) is 15.5. The third-order valence-electron chi connectivity index (χ3n) is 4.27. The van der Waals surface area contributed by atoms with Gasteiger partial charge in [0.25, 0.3) is 0 Å². The maximum absolute atomic E-state index is 12.2. The Morgan fingerprint density at radius 2 is 2.00 bits per heavy atom. The molecule has 0 saturated carbocycles. The number of aryl methyl sites for hydroxylation is 1. The van der Waals surface area contributed by atoms with Gasteiger partial charge >= 0.3 is 5.97 Å². The van der Waals surface area contributed by atoms with Gasteiger partial charge in [0.15, 0.2) is 0 Å². The van der Waals surface area contributed by atoms with Crippen LogP contribution in [0.4, 0.5) is 5.69 Å². The standard InChI is InChI=1S/C16H22N2O3/c1-9-5-13(6-14(10(9)2)16(20)21-4)18-15(19)11(3)12-7-17-8-12/h5-6,11-12,17H,7-8H2,1-4H3,(H,18,19). The van der Waals surface area contributed by atoms with Gasteiger partial charge in [0.2, 0.25) is 5.91 Å². The lowest BCUT2D eigenvalue weighted by molar-refractivity contribution is -0.121. The third-order valence-corrected chi connectivity index (χ3v) is 4.27. The second kappa shape index (κ2) is 6.26. The molecule has 1 aliphatic rings. The Morgan fingerprint density at radius 3 is 2.52 bits per heavy atom. The maximum Gasteiger partial charge on any atom is 0.338 e. The van der Waals surface area contributed by atoms with Gasteiger partial charge in [-0.2, -0.15) is 0 Å². The van der Waals surface area contributed by atoms with Crippen molar-refractivity contribution >= 4 is 17.6 Å². The first-order valence-corrected chi connectivity index (χ1v) is 7.15. The molecule has 0 spiro atoms. The van der Waals surface area contributed by atoms with Gasteiger partial charge in [0, 0.05) is 11.6 Å². The lowest BCUT2D eigenvalue weighted by Crippen LogP contribution is -2.48. The van der Waals surface area contributed by atoms with Crippen LogP contribution in [0.2, 0.25) is 0 Å². The number of carbonyl (C=O) groups excluding carboxylic acids is 2. The highest BCUT2D eigenvalue weighted by Gasteiger charge is 2.28. The lowest BCUT2D eigenvalue weighted by atomic mass is 9.88. The molecule has 1 saturated heterocycles. The van der Waals surface area contributed by atoms with Gasteiger partial charge in [-0.15, -0.1) is 0 Å². The minimum absolute atomic E-state index is 0.0134. The van der Waals surface area contributed by atoms with Gasteiger partial charge in [0.05, 0.1) is 12.7 Å². The molecule has 5 nitrogen and oxygen atoms in total. The molecule has 1 aromatic rings. The van der Waals surface area contributed by atoms with Crippen molar-refractivity contribution in [3.05, 3.63) is 28.8 Å². The van der Waals surface area contributed by atoms with Crippen molar-refractivity contribution in [1.82, 2.24) is 5.32 Å². The van der Waals surface area contributed by atoms with Crippen LogP contribution < -0.4 is 10.6 Å². The van der Waals surface area contributed by atoms with E-state index in [0.29, 0.717) is 17.2 Å². The summed E-state index contributed by atoms with van der Waals surface area (Å²) in [5, 5.41) is 6.07. The number of anilines is 1. The normalized spacial score (nSPS) is 16.0. The highest BCUT2D eigenvalue weighted by Crippen LogP contribution is 2.23. The van der Waals surface area contributed by atoms with E-state index in [4.69, 9.17) is 4.74 Å². The molecule has 1 heterocycles. The van der Waals surface area contributed by atoms with Crippen molar-refractivity contribution in [1.29, 1.82) is 0 Å². The molecule has 5 heteroatoms. The predicted molar refractivity (Wildman–Crippen MR) is 81.4 cm³/mol. The molecule has 21 heavy (non-hydrogen) atoms. The molecule has 1 aliphatic heterocycles. The highest BCUT2D eigenvalue weighted by molar-refractivity contribution is 5.96. The Balaban J connectivity index is 2.18. The highest BCUT2D eigenvalue weighted by atomic mass is 16.5. The first-order chi connectivity index (χ1) is 9.93. The number of nitrogens with one attached hydrogen (secondary N) is 2. The minimum Gasteiger partial charge on any atom is -0.465 e. The number of hydrogen-bond acceptors (Lipinski definition) is 4. The van der Waals surface area contributed by atoms with E-state index in [2.05, 4.69) is 10.6 Å². The summed E-state index contributed by atoms with van der Waals surface area (Å²) in [6.07, 6.45) is 0. The number of amides is 1. The quantitative estimate of drug-likeness (QED) is 0.831. The molecule has 1 aromatic carbocycles. The average Bonchev–Trinajstić information content (AvgIpc) is 2.39. The molecule has 2 rings (SSSR count). The molecule has 2 N–H and O–H groups in total. The summed E-state index contributed by atoms with van der Waals surface area (Å²) in [7, 11) is 1.36.